The molecule has 18 heavy (non-hydrogen) atoms. The van der Waals surface area contributed by atoms with Crippen molar-refractivity contribution < 1.29 is 13.3 Å². The Hall–Kier alpha value is -1.47. The quantitative estimate of drug-likeness (QED) is 0.450. The molecule has 0 bridgehead atoms. The van der Waals surface area contributed by atoms with Gasteiger partial charge in [0.05, 0.1) is 10.7 Å². The van der Waals surface area contributed by atoms with E-state index < -0.39 is 14.8 Å². The Bertz CT molecular complexity index is 514. The first-order valence-corrected chi connectivity index (χ1v) is 7.57. The molecule has 0 radical (unpaired) electrons. The molecule has 1 rings (SSSR count). The van der Waals surface area contributed by atoms with Gasteiger partial charge in [0, 0.05) is 24.4 Å². The maximum atomic E-state index is 10.9. The Morgan fingerprint density at radius 1 is 1.28 bits per heavy atom. The highest BCUT2D eigenvalue weighted by Crippen LogP contribution is 2.17. The molecule has 0 heterocycles. The van der Waals surface area contributed by atoms with Gasteiger partial charge in [0.25, 0.3) is 5.69 Å². The summed E-state index contributed by atoms with van der Waals surface area (Å²) in [5, 5.41) is 13.7. The molecule has 1 aromatic carbocycles. The highest BCUT2D eigenvalue weighted by atomic mass is 32.2. The monoisotopic (exact) mass is 272 g/mol. The van der Waals surface area contributed by atoms with E-state index in [1.165, 1.54) is 12.3 Å². The molecular weight excluding hydrogens is 256 g/mol. The summed E-state index contributed by atoms with van der Waals surface area (Å²) in [4.78, 5) is 10.3. The lowest BCUT2D eigenvalue weighted by Crippen LogP contribution is -2.24. The van der Waals surface area contributed by atoms with Gasteiger partial charge in [-0.25, -0.2) is 8.42 Å². The second kappa shape index (κ2) is 6.46. The Kier molecular flexibility index (Phi) is 5.24. The average molecular weight is 272 g/mol. The number of nitrogens with zero attached hydrogens (tertiary/aromatic N) is 1. The summed E-state index contributed by atoms with van der Waals surface area (Å²) in [6.45, 7) is 0.875. The van der Waals surface area contributed by atoms with Gasteiger partial charge < -0.3 is 5.32 Å². The van der Waals surface area contributed by atoms with Crippen LogP contribution in [-0.4, -0.2) is 38.4 Å². The van der Waals surface area contributed by atoms with Crippen molar-refractivity contribution in [3.8, 4) is 0 Å². The van der Waals surface area contributed by atoms with Gasteiger partial charge >= 0.3 is 0 Å². The van der Waals surface area contributed by atoms with Gasteiger partial charge in [-0.3, -0.25) is 10.1 Å². The molecule has 0 unspecified atom stereocenters. The SMILES string of the molecule is CS(=O)(=O)CCNCCc1ccccc1[N+](=O)[O-]. The van der Waals surface area contributed by atoms with Crippen LogP contribution in [0.25, 0.3) is 0 Å². The minimum atomic E-state index is -2.96. The molecule has 1 N–H and O–H groups in total. The summed E-state index contributed by atoms with van der Waals surface area (Å²) in [5.74, 6) is 0.0733. The molecule has 0 amide bonds. The normalized spacial score (nSPS) is 11.4. The van der Waals surface area contributed by atoms with Crippen LogP contribution in [0.15, 0.2) is 24.3 Å². The van der Waals surface area contributed by atoms with Crippen molar-refractivity contribution in [1.82, 2.24) is 5.32 Å². The Morgan fingerprint density at radius 3 is 2.56 bits per heavy atom. The van der Waals surface area contributed by atoms with E-state index in [2.05, 4.69) is 5.32 Å². The molecule has 0 aliphatic rings. The smallest absolute Gasteiger partial charge is 0.272 e. The van der Waals surface area contributed by atoms with Gasteiger partial charge in [-0.2, -0.15) is 0 Å². The van der Waals surface area contributed by atoms with Gasteiger partial charge in [-0.15, -0.1) is 0 Å². The lowest BCUT2D eigenvalue weighted by molar-refractivity contribution is -0.385. The first-order valence-electron chi connectivity index (χ1n) is 5.51. The van der Waals surface area contributed by atoms with Crippen molar-refractivity contribution in [3.05, 3.63) is 39.9 Å². The van der Waals surface area contributed by atoms with Crippen LogP contribution in [0.5, 0.6) is 0 Å². The molecule has 100 valence electrons. The molecule has 0 fully saturated rings. The molecular formula is C11H16N2O4S. The third-order valence-corrected chi connectivity index (χ3v) is 3.35. The molecule has 0 saturated carbocycles. The lowest BCUT2D eigenvalue weighted by Gasteiger charge is -2.04. The van der Waals surface area contributed by atoms with E-state index in [0.29, 0.717) is 25.1 Å². The second-order valence-corrected chi connectivity index (χ2v) is 6.28. The van der Waals surface area contributed by atoms with Crippen molar-refractivity contribution >= 4 is 15.5 Å². The topological polar surface area (TPSA) is 89.3 Å². The van der Waals surface area contributed by atoms with Crippen LogP contribution in [-0.2, 0) is 16.3 Å². The van der Waals surface area contributed by atoms with E-state index in [-0.39, 0.29) is 11.4 Å². The Morgan fingerprint density at radius 2 is 1.94 bits per heavy atom. The second-order valence-electron chi connectivity index (χ2n) is 4.02. The van der Waals surface area contributed by atoms with E-state index >= 15 is 0 Å². The predicted octanol–water partition coefficient (Wildman–Crippen LogP) is 0.771. The third kappa shape index (κ3) is 5.24. The fraction of sp³-hybridized carbons (Fsp3) is 0.455. The number of nitro benzene ring substituents is 1. The number of rotatable bonds is 7. The summed E-state index contributed by atoms with van der Waals surface area (Å²) >= 11 is 0. The lowest BCUT2D eigenvalue weighted by atomic mass is 10.1. The third-order valence-electron chi connectivity index (χ3n) is 2.41. The fourth-order valence-corrected chi connectivity index (χ4v) is 2.02. The van der Waals surface area contributed by atoms with E-state index in [1.54, 1.807) is 18.2 Å². The summed E-state index contributed by atoms with van der Waals surface area (Å²) in [6.07, 6.45) is 1.68. The van der Waals surface area contributed by atoms with Gasteiger partial charge in [0.15, 0.2) is 0 Å². The van der Waals surface area contributed by atoms with Gasteiger partial charge in [-0.1, -0.05) is 18.2 Å². The zero-order chi connectivity index (χ0) is 13.6. The number of para-hydroxylation sites is 1. The molecule has 1 aromatic rings. The number of hydrogen-bond acceptors (Lipinski definition) is 5. The van der Waals surface area contributed by atoms with Crippen molar-refractivity contribution in [1.29, 1.82) is 0 Å². The largest absolute Gasteiger partial charge is 0.315 e. The van der Waals surface area contributed by atoms with Crippen molar-refractivity contribution in [3.63, 3.8) is 0 Å². The first-order chi connectivity index (χ1) is 8.40. The summed E-state index contributed by atoms with van der Waals surface area (Å²) in [7, 11) is -2.96. The van der Waals surface area contributed by atoms with Crippen LogP contribution >= 0.6 is 0 Å². The van der Waals surface area contributed by atoms with E-state index in [0.717, 1.165) is 0 Å². The summed E-state index contributed by atoms with van der Waals surface area (Å²) < 4.78 is 21.8. The molecule has 0 spiro atoms. The standard InChI is InChI=1S/C11H16N2O4S/c1-18(16,17)9-8-12-7-6-10-4-2-3-5-11(10)13(14)15/h2-5,12H,6-9H2,1H3. The van der Waals surface area contributed by atoms with Gasteiger partial charge in [-0.05, 0) is 13.0 Å². The summed E-state index contributed by atoms with van der Waals surface area (Å²) in [6, 6.07) is 6.54. The zero-order valence-electron chi connectivity index (χ0n) is 10.1. The average Bonchev–Trinajstić information content (AvgIpc) is 2.27. The van der Waals surface area contributed by atoms with Crippen LogP contribution in [0, 0.1) is 10.1 Å². The number of hydrogen-bond donors (Lipinski definition) is 1. The highest BCUT2D eigenvalue weighted by molar-refractivity contribution is 7.90. The minimum absolute atomic E-state index is 0.0733. The maximum absolute atomic E-state index is 10.9. The molecule has 0 saturated heterocycles. The number of sulfone groups is 1. The number of nitro groups is 1. The highest BCUT2D eigenvalue weighted by Gasteiger charge is 2.11. The molecule has 7 heteroatoms. The number of nitrogens with one attached hydrogen (secondary N) is 1. The van der Waals surface area contributed by atoms with Crippen molar-refractivity contribution in [2.75, 3.05) is 25.1 Å². The van der Waals surface area contributed by atoms with Gasteiger partial charge in [0.1, 0.15) is 9.84 Å². The summed E-state index contributed by atoms with van der Waals surface area (Å²) in [5.41, 5.74) is 0.747. The van der Waals surface area contributed by atoms with E-state index in [1.807, 2.05) is 0 Å². The fourth-order valence-electron chi connectivity index (χ4n) is 1.51. The maximum Gasteiger partial charge on any atom is 0.272 e. The Balaban J connectivity index is 2.42. The zero-order valence-corrected chi connectivity index (χ0v) is 10.9. The Labute approximate surface area is 106 Å². The van der Waals surface area contributed by atoms with Crippen LogP contribution in [0.3, 0.4) is 0 Å². The van der Waals surface area contributed by atoms with Crippen LogP contribution < -0.4 is 5.32 Å². The van der Waals surface area contributed by atoms with Crippen LogP contribution in [0.2, 0.25) is 0 Å². The van der Waals surface area contributed by atoms with E-state index in [4.69, 9.17) is 0 Å². The number of benzene rings is 1. The first kappa shape index (κ1) is 14.6. The molecule has 6 nitrogen and oxygen atoms in total. The van der Waals surface area contributed by atoms with Crippen molar-refractivity contribution in [2.24, 2.45) is 0 Å². The van der Waals surface area contributed by atoms with Crippen LogP contribution in [0.1, 0.15) is 5.56 Å². The molecule has 0 aromatic heterocycles. The molecule has 0 aliphatic heterocycles. The molecule has 0 aliphatic carbocycles. The van der Waals surface area contributed by atoms with Gasteiger partial charge in [0.2, 0.25) is 0 Å². The van der Waals surface area contributed by atoms with E-state index in [9.17, 15) is 18.5 Å². The van der Waals surface area contributed by atoms with Crippen LogP contribution in [0.4, 0.5) is 5.69 Å². The van der Waals surface area contributed by atoms with Crippen molar-refractivity contribution in [2.45, 2.75) is 6.42 Å². The minimum Gasteiger partial charge on any atom is -0.315 e. The molecule has 0 atom stereocenters. The predicted molar refractivity (Wildman–Crippen MR) is 69.4 cm³/mol.